The topological polar surface area (TPSA) is 52.6 Å². The van der Waals surface area contributed by atoms with Gasteiger partial charge < -0.3 is 9.47 Å². The van der Waals surface area contributed by atoms with Crippen LogP contribution in [-0.2, 0) is 9.47 Å². The zero-order valence-corrected chi connectivity index (χ0v) is 14.5. The summed E-state index contributed by atoms with van der Waals surface area (Å²) in [7, 11) is 0. The summed E-state index contributed by atoms with van der Waals surface area (Å²) in [5, 5.41) is 0. The first-order valence-electron chi connectivity index (χ1n) is 8.04. The van der Waals surface area contributed by atoms with Gasteiger partial charge in [-0.15, -0.1) is 0 Å². The van der Waals surface area contributed by atoms with Crippen LogP contribution in [-0.4, -0.2) is 25.2 Å². The van der Waals surface area contributed by atoms with Gasteiger partial charge in [0.1, 0.15) is 0 Å². The van der Waals surface area contributed by atoms with Crippen LogP contribution >= 0.6 is 0 Å². The molecular weight excluding hydrogens is 304 g/mol. The van der Waals surface area contributed by atoms with Crippen molar-refractivity contribution in [1.29, 1.82) is 0 Å². The third-order valence-corrected chi connectivity index (χ3v) is 3.79. The Morgan fingerprint density at radius 3 is 2.17 bits per heavy atom. The fourth-order valence-electron chi connectivity index (χ4n) is 2.65. The van der Waals surface area contributed by atoms with Crippen molar-refractivity contribution in [3.63, 3.8) is 0 Å². The molecule has 0 saturated carbocycles. The second kappa shape index (κ2) is 7.77. The molecule has 24 heavy (non-hydrogen) atoms. The van der Waals surface area contributed by atoms with E-state index in [1.807, 2.05) is 44.2 Å². The van der Waals surface area contributed by atoms with E-state index in [-0.39, 0.29) is 11.9 Å². The molecule has 126 valence electrons. The first-order chi connectivity index (χ1) is 11.5. The summed E-state index contributed by atoms with van der Waals surface area (Å²) in [6, 6.07) is 11.1. The first-order valence-corrected chi connectivity index (χ1v) is 8.04. The van der Waals surface area contributed by atoms with E-state index in [1.165, 1.54) is 0 Å². The fraction of sp³-hybridized carbons (Fsp3) is 0.300. The number of ether oxygens (including phenoxy) is 2. The summed E-state index contributed by atoms with van der Waals surface area (Å²) in [4.78, 5) is 24.2. The van der Waals surface area contributed by atoms with Gasteiger partial charge in [-0.1, -0.05) is 30.3 Å². The summed E-state index contributed by atoms with van der Waals surface area (Å²) in [6.45, 7) is 7.97. The number of esters is 2. The van der Waals surface area contributed by atoms with E-state index in [0.29, 0.717) is 24.3 Å². The Balaban J connectivity index is 2.50. The Morgan fingerprint density at radius 1 is 0.875 bits per heavy atom. The van der Waals surface area contributed by atoms with Gasteiger partial charge in [0.2, 0.25) is 0 Å². The Bertz CT molecular complexity index is 762. The van der Waals surface area contributed by atoms with Gasteiger partial charge >= 0.3 is 11.9 Å². The molecule has 0 fully saturated rings. The molecule has 0 aliphatic carbocycles. The molecule has 4 heteroatoms. The average molecular weight is 326 g/mol. The van der Waals surface area contributed by atoms with Gasteiger partial charge in [-0.2, -0.15) is 0 Å². The van der Waals surface area contributed by atoms with Crippen molar-refractivity contribution >= 4 is 11.9 Å². The Kier molecular flexibility index (Phi) is 5.74. The van der Waals surface area contributed by atoms with E-state index in [1.54, 1.807) is 19.9 Å². The molecule has 0 saturated heterocycles. The van der Waals surface area contributed by atoms with Gasteiger partial charge in [-0.25, -0.2) is 9.59 Å². The van der Waals surface area contributed by atoms with Crippen molar-refractivity contribution in [2.45, 2.75) is 27.7 Å². The highest BCUT2D eigenvalue weighted by molar-refractivity contribution is 5.99. The molecule has 2 rings (SSSR count). The minimum Gasteiger partial charge on any atom is -0.462 e. The zero-order valence-electron chi connectivity index (χ0n) is 14.5. The van der Waals surface area contributed by atoms with Gasteiger partial charge in [0.25, 0.3) is 0 Å². The van der Waals surface area contributed by atoms with E-state index >= 15 is 0 Å². The van der Waals surface area contributed by atoms with Crippen molar-refractivity contribution in [2.75, 3.05) is 13.2 Å². The van der Waals surface area contributed by atoms with Gasteiger partial charge in [-0.3, -0.25) is 0 Å². The van der Waals surface area contributed by atoms with E-state index in [0.717, 1.165) is 22.3 Å². The SMILES string of the molecule is CCOC(=O)c1ccc(-c2cccc(C)c2C(=O)OCC)cc1C. The fourth-order valence-corrected chi connectivity index (χ4v) is 2.65. The molecule has 0 N–H and O–H groups in total. The van der Waals surface area contributed by atoms with E-state index in [4.69, 9.17) is 9.47 Å². The number of carbonyl (C=O) groups is 2. The standard InChI is InChI=1S/C20H22O4/c1-5-23-19(21)16-11-10-15(12-14(16)4)17-9-7-8-13(3)18(17)20(22)24-6-2/h7-12H,5-6H2,1-4H3. The highest BCUT2D eigenvalue weighted by Gasteiger charge is 2.18. The molecule has 0 aliphatic rings. The van der Waals surface area contributed by atoms with Crippen LogP contribution in [0.15, 0.2) is 36.4 Å². The van der Waals surface area contributed by atoms with Crippen LogP contribution in [0.25, 0.3) is 11.1 Å². The lowest BCUT2D eigenvalue weighted by Crippen LogP contribution is -2.09. The third-order valence-electron chi connectivity index (χ3n) is 3.79. The van der Waals surface area contributed by atoms with Gasteiger partial charge in [0.05, 0.1) is 24.3 Å². The summed E-state index contributed by atoms with van der Waals surface area (Å²) in [5.74, 6) is -0.672. The van der Waals surface area contributed by atoms with Crippen molar-refractivity contribution in [2.24, 2.45) is 0 Å². The van der Waals surface area contributed by atoms with Crippen molar-refractivity contribution < 1.29 is 19.1 Å². The first kappa shape index (κ1) is 17.7. The summed E-state index contributed by atoms with van der Waals surface area (Å²) >= 11 is 0. The highest BCUT2D eigenvalue weighted by Crippen LogP contribution is 2.29. The van der Waals surface area contributed by atoms with Crippen LogP contribution in [0.1, 0.15) is 45.7 Å². The number of benzene rings is 2. The molecule has 0 amide bonds. The van der Waals surface area contributed by atoms with Crippen LogP contribution in [0.2, 0.25) is 0 Å². The lowest BCUT2D eigenvalue weighted by atomic mass is 9.93. The molecule has 0 aliphatic heterocycles. The van der Waals surface area contributed by atoms with Crippen LogP contribution in [0, 0.1) is 13.8 Å². The maximum atomic E-state index is 12.3. The average Bonchev–Trinajstić information content (AvgIpc) is 2.54. The quantitative estimate of drug-likeness (QED) is 0.768. The third kappa shape index (κ3) is 3.65. The molecule has 4 nitrogen and oxygen atoms in total. The largest absolute Gasteiger partial charge is 0.462 e. The zero-order chi connectivity index (χ0) is 17.7. The molecule has 0 aromatic heterocycles. The summed E-state index contributed by atoms with van der Waals surface area (Å²) < 4.78 is 10.2. The monoisotopic (exact) mass is 326 g/mol. The molecule has 0 heterocycles. The van der Waals surface area contributed by atoms with Gasteiger partial charge in [-0.05, 0) is 56.0 Å². The Labute approximate surface area is 142 Å². The Morgan fingerprint density at radius 2 is 1.54 bits per heavy atom. The summed E-state index contributed by atoms with van der Waals surface area (Å²) in [6.07, 6.45) is 0. The predicted molar refractivity (Wildman–Crippen MR) is 93.3 cm³/mol. The molecule has 0 radical (unpaired) electrons. The van der Waals surface area contributed by atoms with Crippen molar-refractivity contribution in [3.8, 4) is 11.1 Å². The number of rotatable bonds is 5. The highest BCUT2D eigenvalue weighted by atomic mass is 16.5. The molecule has 2 aromatic rings. The molecule has 0 spiro atoms. The number of hydrogen-bond donors (Lipinski definition) is 0. The maximum Gasteiger partial charge on any atom is 0.339 e. The minimum atomic E-state index is -0.337. The summed E-state index contributed by atoms with van der Waals surface area (Å²) in [5.41, 5.74) is 4.42. The second-order valence-electron chi connectivity index (χ2n) is 5.47. The van der Waals surface area contributed by atoms with Crippen LogP contribution < -0.4 is 0 Å². The maximum absolute atomic E-state index is 12.3. The van der Waals surface area contributed by atoms with Crippen molar-refractivity contribution in [3.05, 3.63) is 58.7 Å². The predicted octanol–water partition coefficient (Wildman–Crippen LogP) is 4.32. The van der Waals surface area contributed by atoms with Crippen LogP contribution in [0.4, 0.5) is 0 Å². The number of carbonyl (C=O) groups excluding carboxylic acids is 2. The molecule has 0 atom stereocenters. The van der Waals surface area contributed by atoms with Crippen LogP contribution in [0.5, 0.6) is 0 Å². The van der Waals surface area contributed by atoms with E-state index < -0.39 is 0 Å². The second-order valence-corrected chi connectivity index (χ2v) is 5.47. The molecular formula is C20H22O4. The van der Waals surface area contributed by atoms with E-state index in [9.17, 15) is 9.59 Å². The molecule has 2 aromatic carbocycles. The van der Waals surface area contributed by atoms with Gasteiger partial charge in [0, 0.05) is 0 Å². The Hall–Kier alpha value is -2.62. The molecule has 0 bridgehead atoms. The lowest BCUT2D eigenvalue weighted by molar-refractivity contribution is 0.0516. The molecule has 0 unspecified atom stereocenters. The normalized spacial score (nSPS) is 10.3. The lowest BCUT2D eigenvalue weighted by Gasteiger charge is -2.13. The number of aryl methyl sites for hydroxylation is 2. The van der Waals surface area contributed by atoms with Crippen molar-refractivity contribution in [1.82, 2.24) is 0 Å². The smallest absolute Gasteiger partial charge is 0.339 e. The van der Waals surface area contributed by atoms with Gasteiger partial charge in [0.15, 0.2) is 0 Å². The van der Waals surface area contributed by atoms with E-state index in [2.05, 4.69) is 0 Å². The minimum absolute atomic E-state index is 0.327. The van der Waals surface area contributed by atoms with Crippen LogP contribution in [0.3, 0.4) is 0 Å². The number of hydrogen-bond acceptors (Lipinski definition) is 4.